The molecule has 1 saturated heterocycles. The minimum atomic E-state index is -0.0585. The number of carbonyl (C=O) groups is 2. The van der Waals surface area contributed by atoms with Gasteiger partial charge >= 0.3 is 0 Å². The first-order valence-corrected chi connectivity index (χ1v) is 7.81. The first-order chi connectivity index (χ1) is 10.5. The van der Waals surface area contributed by atoms with Crippen LogP contribution in [0.25, 0.3) is 0 Å². The molecule has 3 N–H and O–H groups in total. The summed E-state index contributed by atoms with van der Waals surface area (Å²) < 4.78 is 1.62. The molecule has 1 aliphatic heterocycles. The number of hydrogen-bond acceptors (Lipinski definition) is 4. The van der Waals surface area contributed by atoms with Crippen LogP contribution in [0.15, 0.2) is 6.07 Å². The number of nitrogens with one attached hydrogen (secondary N) is 1. The van der Waals surface area contributed by atoms with E-state index in [0.717, 1.165) is 31.5 Å². The summed E-state index contributed by atoms with van der Waals surface area (Å²) in [5.74, 6) is -0.0716. The van der Waals surface area contributed by atoms with Gasteiger partial charge in [0, 0.05) is 39.1 Å². The number of nitrogens with two attached hydrogens (primary N) is 1. The molecule has 0 aromatic carbocycles. The highest BCUT2D eigenvalue weighted by molar-refractivity contribution is 5.93. The smallest absolute Gasteiger partial charge is 0.272 e. The molecule has 1 aromatic heterocycles. The van der Waals surface area contributed by atoms with E-state index in [4.69, 9.17) is 5.73 Å². The Kier molecular flexibility index (Phi) is 7.51. The molecule has 2 heterocycles. The Bertz CT molecular complexity index is 546. The highest BCUT2D eigenvalue weighted by atomic mass is 35.5. The lowest BCUT2D eigenvalue weighted by Crippen LogP contribution is -2.49. The second kappa shape index (κ2) is 8.88. The van der Waals surface area contributed by atoms with Crippen LogP contribution in [0.5, 0.6) is 0 Å². The molecule has 0 spiro atoms. The lowest BCUT2D eigenvalue weighted by Gasteiger charge is -2.35. The molecule has 0 bridgehead atoms. The Hall–Kier alpha value is -1.60. The molecule has 1 aromatic rings. The highest BCUT2D eigenvalue weighted by Gasteiger charge is 2.29. The van der Waals surface area contributed by atoms with Crippen LogP contribution < -0.4 is 11.1 Å². The zero-order valence-corrected chi connectivity index (χ0v) is 14.6. The second-order valence-electron chi connectivity index (χ2n) is 5.79. The number of nitrogens with zero attached hydrogens (tertiary/aromatic N) is 3. The van der Waals surface area contributed by atoms with Crippen molar-refractivity contribution < 1.29 is 9.59 Å². The third-order valence-electron chi connectivity index (χ3n) is 4.02. The van der Waals surface area contributed by atoms with Crippen LogP contribution in [-0.2, 0) is 11.8 Å². The fourth-order valence-electron chi connectivity index (χ4n) is 2.89. The van der Waals surface area contributed by atoms with Crippen LogP contribution in [0.2, 0.25) is 0 Å². The normalized spacial score (nSPS) is 17.5. The molecule has 0 aliphatic carbocycles. The third-order valence-corrected chi connectivity index (χ3v) is 4.02. The van der Waals surface area contributed by atoms with Crippen molar-refractivity contribution in [1.82, 2.24) is 20.0 Å². The minimum absolute atomic E-state index is 0. The van der Waals surface area contributed by atoms with Crippen molar-refractivity contribution in [2.24, 2.45) is 12.8 Å². The first-order valence-electron chi connectivity index (χ1n) is 7.81. The van der Waals surface area contributed by atoms with Crippen molar-refractivity contribution in [2.45, 2.75) is 38.6 Å². The van der Waals surface area contributed by atoms with Crippen LogP contribution >= 0.6 is 12.4 Å². The zero-order valence-electron chi connectivity index (χ0n) is 13.7. The Morgan fingerprint density at radius 1 is 1.43 bits per heavy atom. The van der Waals surface area contributed by atoms with E-state index in [9.17, 15) is 9.59 Å². The quantitative estimate of drug-likeness (QED) is 0.819. The van der Waals surface area contributed by atoms with Gasteiger partial charge in [-0.3, -0.25) is 14.3 Å². The van der Waals surface area contributed by atoms with Crippen LogP contribution in [0.1, 0.15) is 41.9 Å². The van der Waals surface area contributed by atoms with Crippen LogP contribution in [-0.4, -0.2) is 52.2 Å². The molecule has 130 valence electrons. The van der Waals surface area contributed by atoms with Crippen molar-refractivity contribution in [2.75, 3.05) is 19.6 Å². The molecule has 0 radical (unpaired) electrons. The van der Waals surface area contributed by atoms with Gasteiger partial charge in [-0.05, 0) is 32.3 Å². The molecule has 23 heavy (non-hydrogen) atoms. The third kappa shape index (κ3) is 4.94. The average Bonchev–Trinajstić information content (AvgIpc) is 2.84. The van der Waals surface area contributed by atoms with Crippen molar-refractivity contribution in [3.05, 3.63) is 17.5 Å². The molecular formula is C15H26ClN5O2. The fraction of sp³-hybridized carbons (Fsp3) is 0.667. The van der Waals surface area contributed by atoms with E-state index in [1.807, 2.05) is 11.8 Å². The lowest BCUT2D eigenvalue weighted by atomic mass is 10.0. The standard InChI is InChI=1S/C15H25N5O2.ClH/c1-11-9-13(19(2)18-11)15(22)20-8-4-3-5-12(20)10-17-14(21)6-7-16;/h9,12H,3-8,10,16H2,1-2H3,(H,17,21);1H. The number of hydrogen-bond donors (Lipinski definition) is 2. The maximum atomic E-state index is 12.7. The van der Waals surface area contributed by atoms with Gasteiger partial charge in [-0.25, -0.2) is 0 Å². The fourth-order valence-corrected chi connectivity index (χ4v) is 2.89. The summed E-state index contributed by atoms with van der Waals surface area (Å²) in [6.45, 7) is 3.42. The number of halogens is 1. The highest BCUT2D eigenvalue weighted by Crippen LogP contribution is 2.19. The van der Waals surface area contributed by atoms with E-state index in [-0.39, 0.29) is 30.3 Å². The summed E-state index contributed by atoms with van der Waals surface area (Å²) in [5, 5.41) is 7.11. The molecular weight excluding hydrogens is 318 g/mol. The van der Waals surface area contributed by atoms with Gasteiger partial charge in [-0.2, -0.15) is 5.10 Å². The molecule has 1 fully saturated rings. The Labute approximate surface area is 143 Å². The van der Waals surface area contributed by atoms with Gasteiger partial charge in [0.1, 0.15) is 5.69 Å². The molecule has 0 saturated carbocycles. The predicted octanol–water partition coefficient (Wildman–Crippen LogP) is 0.610. The van der Waals surface area contributed by atoms with Gasteiger partial charge in [-0.1, -0.05) is 0 Å². The van der Waals surface area contributed by atoms with E-state index in [1.54, 1.807) is 17.8 Å². The van der Waals surface area contributed by atoms with Crippen LogP contribution in [0.4, 0.5) is 0 Å². The Morgan fingerprint density at radius 3 is 2.78 bits per heavy atom. The minimum Gasteiger partial charge on any atom is -0.354 e. The molecule has 2 amide bonds. The SMILES string of the molecule is Cc1cc(C(=O)N2CCCCC2CNC(=O)CCN)n(C)n1.Cl. The first kappa shape index (κ1) is 19.4. The predicted molar refractivity (Wildman–Crippen MR) is 90.5 cm³/mol. The number of piperidine rings is 1. The van der Waals surface area contributed by atoms with Crippen molar-refractivity contribution in [1.29, 1.82) is 0 Å². The number of rotatable bonds is 5. The molecule has 1 atom stereocenters. The lowest BCUT2D eigenvalue weighted by molar-refractivity contribution is -0.121. The number of likely N-dealkylation sites (tertiary alicyclic amines) is 1. The van der Waals surface area contributed by atoms with Crippen molar-refractivity contribution in [3.63, 3.8) is 0 Å². The maximum Gasteiger partial charge on any atom is 0.272 e. The summed E-state index contributed by atoms with van der Waals surface area (Å²) in [7, 11) is 1.78. The van der Waals surface area contributed by atoms with E-state index < -0.39 is 0 Å². The van der Waals surface area contributed by atoms with Gasteiger partial charge < -0.3 is 16.0 Å². The number of aromatic nitrogens is 2. The summed E-state index contributed by atoms with van der Waals surface area (Å²) in [6.07, 6.45) is 3.30. The summed E-state index contributed by atoms with van der Waals surface area (Å²) >= 11 is 0. The number of carbonyl (C=O) groups excluding carboxylic acids is 2. The molecule has 8 heteroatoms. The monoisotopic (exact) mass is 343 g/mol. The van der Waals surface area contributed by atoms with Crippen molar-refractivity contribution >= 4 is 24.2 Å². The topological polar surface area (TPSA) is 93.3 Å². The van der Waals surface area contributed by atoms with Gasteiger partial charge in [-0.15, -0.1) is 12.4 Å². The van der Waals surface area contributed by atoms with Gasteiger partial charge in [0.15, 0.2) is 0 Å². The van der Waals surface area contributed by atoms with Crippen LogP contribution in [0.3, 0.4) is 0 Å². The van der Waals surface area contributed by atoms with E-state index in [1.165, 1.54) is 0 Å². The van der Waals surface area contributed by atoms with Crippen LogP contribution in [0, 0.1) is 6.92 Å². The van der Waals surface area contributed by atoms with Gasteiger partial charge in [0.05, 0.1) is 5.69 Å². The Balaban J connectivity index is 0.00000264. The largest absolute Gasteiger partial charge is 0.354 e. The van der Waals surface area contributed by atoms with E-state index in [2.05, 4.69) is 10.4 Å². The number of amides is 2. The van der Waals surface area contributed by atoms with E-state index in [0.29, 0.717) is 25.2 Å². The maximum absolute atomic E-state index is 12.7. The average molecular weight is 344 g/mol. The van der Waals surface area contributed by atoms with Crippen molar-refractivity contribution in [3.8, 4) is 0 Å². The summed E-state index contributed by atoms with van der Waals surface area (Å²) in [6, 6.07) is 1.85. The van der Waals surface area contributed by atoms with Gasteiger partial charge in [0.25, 0.3) is 5.91 Å². The molecule has 7 nitrogen and oxygen atoms in total. The molecule has 2 rings (SSSR count). The second-order valence-corrected chi connectivity index (χ2v) is 5.79. The molecule has 1 unspecified atom stereocenters. The summed E-state index contributed by atoms with van der Waals surface area (Å²) in [5.41, 5.74) is 6.80. The van der Waals surface area contributed by atoms with E-state index >= 15 is 0 Å². The van der Waals surface area contributed by atoms with Gasteiger partial charge in [0.2, 0.25) is 5.91 Å². The zero-order chi connectivity index (χ0) is 16.1. The molecule has 1 aliphatic rings. The summed E-state index contributed by atoms with van der Waals surface area (Å²) in [4.78, 5) is 26.2. The number of aryl methyl sites for hydroxylation is 2. The Morgan fingerprint density at radius 2 is 2.17 bits per heavy atom.